The van der Waals surface area contributed by atoms with Crippen molar-refractivity contribution in [1.82, 2.24) is 45.0 Å². The number of hydrogen-bond donors (Lipinski definition) is 3. The number of rotatable bonds is 10. The zero-order valence-corrected chi connectivity index (χ0v) is 42.7. The van der Waals surface area contributed by atoms with Crippen LogP contribution < -0.4 is 15.6 Å². The highest BCUT2D eigenvalue weighted by atomic mass is 32.1. The maximum absolute atomic E-state index is 14.7. The smallest absolute Gasteiger partial charge is 0.355 e. The molecule has 8 rings (SSSR count). The number of pyridine rings is 1. The molecule has 0 saturated carbocycles. The molecule has 4 aliphatic heterocycles. The molecule has 4 aromatic rings. The minimum Gasteiger partial charge on any atom is -0.462 e. The Labute approximate surface area is 409 Å². The van der Waals surface area contributed by atoms with Gasteiger partial charge in [0.05, 0.1) is 65.9 Å². The molecule has 374 valence electrons. The van der Waals surface area contributed by atoms with Crippen LogP contribution in [0.1, 0.15) is 76.8 Å². The maximum atomic E-state index is 14.7. The van der Waals surface area contributed by atoms with Crippen LogP contribution in [0.2, 0.25) is 0 Å². The fraction of sp³-hybridized carbons (Fsp3) is 0.600. The van der Waals surface area contributed by atoms with Crippen molar-refractivity contribution >= 4 is 51.7 Å². The second-order valence-electron chi connectivity index (χ2n) is 20.3. The molecule has 0 radical (unpaired) electrons. The third-order valence-electron chi connectivity index (χ3n) is 14.3. The Morgan fingerprint density at radius 2 is 1.83 bits per heavy atom. The van der Waals surface area contributed by atoms with Crippen LogP contribution in [0, 0.1) is 11.3 Å². The predicted octanol–water partition coefficient (Wildman–Crippen LogP) is 4.68. The normalized spacial score (nSPS) is 22.6. The topological polar surface area (TPSA) is 187 Å². The van der Waals surface area contributed by atoms with E-state index in [0.717, 1.165) is 70.8 Å². The van der Waals surface area contributed by atoms with Crippen molar-refractivity contribution in [1.29, 1.82) is 0 Å². The first-order valence-corrected chi connectivity index (χ1v) is 25.1. The highest BCUT2D eigenvalue weighted by molar-refractivity contribution is 7.10. The number of likely N-dealkylation sites (N-methyl/N-ethyl adjacent to an activating group) is 2. The number of piperazine rings is 1. The van der Waals surface area contributed by atoms with Crippen LogP contribution in [-0.4, -0.2) is 168 Å². The lowest BCUT2D eigenvalue weighted by Gasteiger charge is -2.42. The molecule has 6 bridgehead atoms. The van der Waals surface area contributed by atoms with Crippen LogP contribution in [0.3, 0.4) is 0 Å². The summed E-state index contributed by atoms with van der Waals surface area (Å²) in [5.41, 5.74) is 7.43. The first-order chi connectivity index (χ1) is 32.8. The lowest BCUT2D eigenvalue weighted by atomic mass is 9.84. The molecule has 7 heterocycles. The van der Waals surface area contributed by atoms with Gasteiger partial charge < -0.3 is 48.8 Å². The number of thiazole rings is 1. The van der Waals surface area contributed by atoms with Crippen molar-refractivity contribution in [2.45, 2.75) is 104 Å². The predicted molar refractivity (Wildman–Crippen MR) is 264 cm³/mol. The van der Waals surface area contributed by atoms with Gasteiger partial charge in [-0.3, -0.25) is 19.6 Å². The monoisotopic (exact) mass is 971 g/mol. The standard InChI is InChI=1S/C50H70N10O8S/c1-11-59-40-14-13-32-21-35(40)37(44(59)36-22-33(25-51-42(36)31(4)66-9)57-19-17-55(7)18-20-57)24-49(5,6)29-68-47(63)50(65)15-12-16-60(54-50)46(62)38(23-41-52-39(32)28-69-41)53-45(61)43(30(2)3)56(8)48(64)58-26-34(27-58)67-10/h13-14,21-22,25,28,30-31,34,38,43,54,65H,11-12,15-20,23-24,26-27,29H2,1-10H3,(H,53,61)/t31-,38-,43-,50-/m0/s1. The summed E-state index contributed by atoms with van der Waals surface area (Å²) in [4.78, 5) is 74.6. The average molecular weight is 971 g/mol. The molecular formula is C50H70N10O8S. The lowest BCUT2D eigenvalue weighted by Crippen LogP contribution is -2.67. The first kappa shape index (κ1) is 50.2. The summed E-state index contributed by atoms with van der Waals surface area (Å²) in [7, 11) is 7.03. The number of carbonyl (C=O) groups excluding carboxylic acids is 4. The number of aliphatic hydroxyl groups is 1. The van der Waals surface area contributed by atoms with Gasteiger partial charge in [0.15, 0.2) is 0 Å². The number of fused-ring (bicyclic) bond motifs is 6. The van der Waals surface area contributed by atoms with Gasteiger partial charge in [0.25, 0.3) is 5.91 Å². The van der Waals surface area contributed by atoms with E-state index in [-0.39, 0.29) is 56.6 Å². The Morgan fingerprint density at radius 1 is 1.09 bits per heavy atom. The van der Waals surface area contributed by atoms with E-state index in [1.807, 2.05) is 46.2 Å². The average Bonchev–Trinajstić information content (AvgIpc) is 3.90. The molecule has 0 unspecified atom stereocenters. The largest absolute Gasteiger partial charge is 0.462 e. The number of hydrazine groups is 1. The van der Waals surface area contributed by atoms with E-state index in [1.54, 1.807) is 26.2 Å². The Kier molecular flexibility index (Phi) is 14.8. The van der Waals surface area contributed by atoms with Crippen LogP contribution in [0.4, 0.5) is 10.5 Å². The van der Waals surface area contributed by atoms with Gasteiger partial charge in [-0.05, 0) is 63.4 Å². The quantitative estimate of drug-likeness (QED) is 0.186. The minimum absolute atomic E-state index is 0.000312. The van der Waals surface area contributed by atoms with E-state index < -0.39 is 41.0 Å². The minimum atomic E-state index is -2.22. The Balaban J connectivity index is 1.22. The Hall–Kier alpha value is -5.18. The number of methoxy groups -OCH3 is 2. The van der Waals surface area contributed by atoms with Gasteiger partial charge in [0, 0.05) is 106 Å². The number of aryl methyl sites for hydroxylation is 1. The van der Waals surface area contributed by atoms with Crippen molar-refractivity contribution in [2.75, 3.05) is 85.6 Å². The molecule has 19 heteroatoms. The van der Waals surface area contributed by atoms with Gasteiger partial charge >= 0.3 is 12.0 Å². The van der Waals surface area contributed by atoms with E-state index in [9.17, 15) is 24.3 Å². The molecule has 0 spiro atoms. The number of ether oxygens (including phenoxy) is 3. The number of benzene rings is 1. The van der Waals surface area contributed by atoms with E-state index >= 15 is 0 Å². The van der Waals surface area contributed by atoms with E-state index in [0.29, 0.717) is 36.8 Å². The summed E-state index contributed by atoms with van der Waals surface area (Å²) < 4.78 is 19.7. The number of anilines is 1. The van der Waals surface area contributed by atoms with E-state index in [1.165, 1.54) is 21.2 Å². The number of hydrogen-bond acceptors (Lipinski definition) is 14. The van der Waals surface area contributed by atoms with Crippen molar-refractivity contribution in [3.8, 4) is 22.5 Å². The summed E-state index contributed by atoms with van der Waals surface area (Å²) >= 11 is 1.38. The fourth-order valence-electron chi connectivity index (χ4n) is 10.1. The molecule has 3 saturated heterocycles. The summed E-state index contributed by atoms with van der Waals surface area (Å²) in [6.07, 6.45) is 2.36. The number of aromatic nitrogens is 3. The van der Waals surface area contributed by atoms with E-state index in [2.05, 4.69) is 63.3 Å². The molecule has 1 aromatic carbocycles. The van der Waals surface area contributed by atoms with Crippen molar-refractivity contribution in [3.63, 3.8) is 0 Å². The molecule has 3 fully saturated rings. The van der Waals surface area contributed by atoms with Gasteiger partial charge in [-0.15, -0.1) is 11.3 Å². The third-order valence-corrected chi connectivity index (χ3v) is 15.1. The molecule has 4 amide bonds. The van der Waals surface area contributed by atoms with Gasteiger partial charge in [-0.25, -0.2) is 14.6 Å². The first-order valence-electron chi connectivity index (χ1n) is 24.2. The van der Waals surface area contributed by atoms with Crippen molar-refractivity contribution in [3.05, 3.63) is 52.1 Å². The maximum Gasteiger partial charge on any atom is 0.355 e. The van der Waals surface area contributed by atoms with Crippen LogP contribution in [0.5, 0.6) is 0 Å². The number of urea groups is 1. The van der Waals surface area contributed by atoms with Crippen molar-refractivity contribution in [2.24, 2.45) is 11.3 Å². The van der Waals surface area contributed by atoms with E-state index in [4.69, 9.17) is 24.2 Å². The molecule has 3 N–H and O–H groups in total. The Bertz CT molecular complexity index is 2550. The van der Waals surface area contributed by atoms with Crippen LogP contribution >= 0.6 is 11.3 Å². The lowest BCUT2D eigenvalue weighted by molar-refractivity contribution is -0.189. The molecular weight excluding hydrogens is 901 g/mol. The van der Waals surface area contributed by atoms with Crippen LogP contribution in [-0.2, 0) is 48.0 Å². The number of amides is 4. The molecule has 69 heavy (non-hydrogen) atoms. The number of nitrogens with one attached hydrogen (secondary N) is 2. The summed E-state index contributed by atoms with van der Waals surface area (Å²) in [6.45, 7) is 17.2. The van der Waals surface area contributed by atoms with Gasteiger partial charge in [0.1, 0.15) is 12.1 Å². The summed E-state index contributed by atoms with van der Waals surface area (Å²) in [5.74, 6) is -2.30. The number of carbonyl (C=O) groups is 4. The van der Waals surface area contributed by atoms with Gasteiger partial charge in [-0.2, -0.15) is 5.43 Å². The number of cyclic esters (lactones) is 1. The second-order valence-corrected chi connectivity index (χ2v) is 21.3. The number of likely N-dealkylation sites (tertiary alicyclic amines) is 1. The number of nitrogens with zero attached hydrogens (tertiary/aromatic N) is 8. The Morgan fingerprint density at radius 3 is 2.51 bits per heavy atom. The van der Waals surface area contributed by atoms with Gasteiger partial charge in [0.2, 0.25) is 11.6 Å². The van der Waals surface area contributed by atoms with Crippen molar-refractivity contribution < 1.29 is 38.5 Å². The SMILES string of the molecule is CCn1c(-c2cc(N3CCN(C)CC3)cnc2[C@H](C)OC)c2c3cc(ccc31)-c1csc(n1)C[C@H](NC(=O)[C@H](C(C)C)N(C)C(=O)N1CC(OC)C1)C(=O)N1CCC[C@@](O)(N1)C(=O)OCC(C)(C)C2. The van der Waals surface area contributed by atoms with Crippen LogP contribution in [0.25, 0.3) is 33.4 Å². The van der Waals surface area contributed by atoms with Crippen LogP contribution in [0.15, 0.2) is 35.8 Å². The van der Waals surface area contributed by atoms with Gasteiger partial charge in [-0.1, -0.05) is 33.8 Å². The molecule has 3 aromatic heterocycles. The summed E-state index contributed by atoms with van der Waals surface area (Å²) in [6, 6.07) is 6.20. The molecule has 18 nitrogen and oxygen atoms in total. The fourth-order valence-corrected chi connectivity index (χ4v) is 11.0. The number of esters is 1. The highest BCUT2D eigenvalue weighted by Gasteiger charge is 2.46. The third kappa shape index (κ3) is 10.2. The zero-order chi connectivity index (χ0) is 49.5. The molecule has 4 aliphatic rings. The summed E-state index contributed by atoms with van der Waals surface area (Å²) in [5, 5.41) is 19.7. The highest BCUT2D eigenvalue weighted by Crippen LogP contribution is 2.43. The molecule has 4 atom stereocenters. The second kappa shape index (κ2) is 20.3. The zero-order valence-electron chi connectivity index (χ0n) is 41.8. The molecule has 0 aliphatic carbocycles.